The predicted octanol–water partition coefficient (Wildman–Crippen LogP) is 1.89. The molecule has 1 amide bonds. The first-order valence-electron chi connectivity index (χ1n) is 8.95. The predicted molar refractivity (Wildman–Crippen MR) is 106 cm³/mol. The molecule has 1 aliphatic rings. The molecule has 1 saturated heterocycles. The third kappa shape index (κ3) is 3.97. The summed E-state index contributed by atoms with van der Waals surface area (Å²) in [6.07, 6.45) is 2.32. The number of likely N-dealkylation sites (N-methyl/N-ethyl adjacent to an activating group) is 1. The van der Waals surface area contributed by atoms with Crippen molar-refractivity contribution in [3.05, 3.63) is 41.5 Å². The molecule has 0 unspecified atom stereocenters. The summed E-state index contributed by atoms with van der Waals surface area (Å²) >= 11 is 1.55. The van der Waals surface area contributed by atoms with Gasteiger partial charge >= 0.3 is 0 Å². The van der Waals surface area contributed by atoms with E-state index in [1.807, 2.05) is 45.3 Å². The topological polar surface area (TPSA) is 62.1 Å². The van der Waals surface area contributed by atoms with Crippen LogP contribution < -0.4 is 10.2 Å². The second-order valence-corrected chi connectivity index (χ2v) is 7.58. The van der Waals surface area contributed by atoms with Crippen LogP contribution in [0.15, 0.2) is 35.8 Å². The number of aromatic nitrogens is 2. The number of benzene rings is 1. The van der Waals surface area contributed by atoms with Gasteiger partial charge in [0.15, 0.2) is 4.96 Å². The standard InChI is InChI=1S/C19H23N5O2S/c1-22-6-8-23(9-7-22)21-18(25)11-15-13-27-19-20-17(12-24(15)19)14-4-3-5-16(10-14)26-2/h3-5,10,12-13H,6-9,11H2,1-2H3,(H,21,25). The number of imidazole rings is 1. The van der Waals surface area contributed by atoms with Crippen LogP contribution in [0.2, 0.25) is 0 Å². The third-order valence-corrected chi connectivity index (χ3v) is 5.67. The van der Waals surface area contributed by atoms with E-state index in [1.54, 1.807) is 18.4 Å². The van der Waals surface area contributed by atoms with Crippen LogP contribution in [-0.4, -0.2) is 65.5 Å². The molecule has 1 N–H and O–H groups in total. The lowest BCUT2D eigenvalue weighted by Crippen LogP contribution is -2.52. The first-order chi connectivity index (χ1) is 13.1. The number of thiazole rings is 1. The van der Waals surface area contributed by atoms with Crippen molar-refractivity contribution in [2.24, 2.45) is 0 Å². The first-order valence-corrected chi connectivity index (χ1v) is 9.83. The first kappa shape index (κ1) is 18.0. The Balaban J connectivity index is 1.48. The zero-order valence-corrected chi connectivity index (χ0v) is 16.3. The maximum Gasteiger partial charge on any atom is 0.240 e. The molecule has 1 aliphatic heterocycles. The van der Waals surface area contributed by atoms with Gasteiger partial charge in [-0.15, -0.1) is 11.3 Å². The Bertz CT molecular complexity index is 943. The Morgan fingerprint density at radius 1 is 1.30 bits per heavy atom. The molecule has 7 nitrogen and oxygen atoms in total. The minimum Gasteiger partial charge on any atom is -0.497 e. The van der Waals surface area contributed by atoms with Crippen molar-refractivity contribution >= 4 is 22.2 Å². The number of ether oxygens (including phenoxy) is 1. The zero-order chi connectivity index (χ0) is 18.8. The van der Waals surface area contributed by atoms with Crippen molar-refractivity contribution in [2.45, 2.75) is 6.42 Å². The van der Waals surface area contributed by atoms with Crippen molar-refractivity contribution in [3.8, 4) is 17.0 Å². The highest BCUT2D eigenvalue weighted by Gasteiger charge is 2.17. The van der Waals surface area contributed by atoms with Gasteiger partial charge in [0.2, 0.25) is 5.91 Å². The summed E-state index contributed by atoms with van der Waals surface area (Å²) in [6.45, 7) is 3.64. The van der Waals surface area contributed by atoms with E-state index >= 15 is 0 Å². The molecule has 0 aliphatic carbocycles. The van der Waals surface area contributed by atoms with Gasteiger partial charge in [-0.1, -0.05) is 12.1 Å². The zero-order valence-electron chi connectivity index (χ0n) is 15.5. The van der Waals surface area contributed by atoms with Gasteiger partial charge in [0.25, 0.3) is 0 Å². The molecular formula is C19H23N5O2S. The number of hydrogen-bond donors (Lipinski definition) is 1. The summed E-state index contributed by atoms with van der Waals surface area (Å²) in [6, 6.07) is 7.84. The van der Waals surface area contributed by atoms with E-state index in [2.05, 4.69) is 22.4 Å². The van der Waals surface area contributed by atoms with Crippen molar-refractivity contribution < 1.29 is 9.53 Å². The van der Waals surface area contributed by atoms with Crippen molar-refractivity contribution in [2.75, 3.05) is 40.3 Å². The number of hydrazine groups is 1. The normalized spacial score (nSPS) is 15.9. The Hall–Kier alpha value is -2.42. The van der Waals surface area contributed by atoms with Gasteiger partial charge in [0.1, 0.15) is 5.75 Å². The van der Waals surface area contributed by atoms with Gasteiger partial charge in [-0.05, 0) is 19.2 Å². The summed E-state index contributed by atoms with van der Waals surface area (Å²) in [5, 5.41) is 4.00. The Kier molecular flexibility index (Phi) is 5.11. The fraction of sp³-hybridized carbons (Fsp3) is 0.368. The summed E-state index contributed by atoms with van der Waals surface area (Å²) < 4.78 is 7.30. The number of methoxy groups -OCH3 is 1. The van der Waals surface area contributed by atoms with Crippen LogP contribution in [0.1, 0.15) is 5.69 Å². The van der Waals surface area contributed by atoms with Gasteiger partial charge in [-0.25, -0.2) is 9.99 Å². The van der Waals surface area contributed by atoms with Crippen molar-refractivity contribution in [1.29, 1.82) is 0 Å². The van der Waals surface area contributed by atoms with E-state index in [0.29, 0.717) is 6.42 Å². The molecule has 2 aromatic heterocycles. The molecule has 0 radical (unpaired) electrons. The number of rotatable bonds is 5. The molecule has 3 aromatic rings. The lowest BCUT2D eigenvalue weighted by molar-refractivity contribution is -0.126. The summed E-state index contributed by atoms with van der Waals surface area (Å²) in [5.41, 5.74) is 5.84. The minimum absolute atomic E-state index is 0.0101. The molecule has 3 heterocycles. The average Bonchev–Trinajstić information content (AvgIpc) is 3.26. The number of nitrogens with zero attached hydrogens (tertiary/aromatic N) is 4. The van der Waals surface area contributed by atoms with Crippen LogP contribution >= 0.6 is 11.3 Å². The maximum atomic E-state index is 12.5. The molecule has 0 atom stereocenters. The van der Waals surface area contributed by atoms with E-state index in [0.717, 1.165) is 53.8 Å². The lowest BCUT2D eigenvalue weighted by atomic mass is 10.1. The molecule has 1 fully saturated rings. The summed E-state index contributed by atoms with van der Waals surface area (Å²) in [7, 11) is 3.75. The van der Waals surface area contributed by atoms with Crippen molar-refractivity contribution in [1.82, 2.24) is 24.7 Å². The summed E-state index contributed by atoms with van der Waals surface area (Å²) in [5.74, 6) is 0.812. The van der Waals surface area contributed by atoms with Crippen LogP contribution in [0.25, 0.3) is 16.2 Å². The molecule has 142 valence electrons. The van der Waals surface area contributed by atoms with Crippen LogP contribution in [-0.2, 0) is 11.2 Å². The van der Waals surface area contributed by atoms with Gasteiger partial charge in [0.05, 0.1) is 19.2 Å². The molecule has 0 saturated carbocycles. The molecule has 0 bridgehead atoms. The number of amides is 1. The van der Waals surface area contributed by atoms with Gasteiger partial charge in [0, 0.05) is 49.0 Å². The number of fused-ring (bicyclic) bond motifs is 1. The molecule has 27 heavy (non-hydrogen) atoms. The molecule has 1 aromatic carbocycles. The number of carbonyl (C=O) groups is 1. The van der Waals surface area contributed by atoms with Crippen LogP contribution in [0.5, 0.6) is 5.75 Å². The largest absolute Gasteiger partial charge is 0.497 e. The second kappa shape index (κ2) is 7.67. The number of piperazine rings is 1. The van der Waals surface area contributed by atoms with Crippen LogP contribution in [0.4, 0.5) is 0 Å². The Labute approximate surface area is 162 Å². The summed E-state index contributed by atoms with van der Waals surface area (Å²) in [4.78, 5) is 20.3. The maximum absolute atomic E-state index is 12.5. The smallest absolute Gasteiger partial charge is 0.240 e. The Morgan fingerprint density at radius 2 is 2.11 bits per heavy atom. The lowest BCUT2D eigenvalue weighted by Gasteiger charge is -2.32. The molecular weight excluding hydrogens is 362 g/mol. The van der Waals surface area contributed by atoms with Crippen molar-refractivity contribution in [3.63, 3.8) is 0 Å². The highest BCUT2D eigenvalue weighted by atomic mass is 32.1. The number of carbonyl (C=O) groups excluding carboxylic acids is 1. The van der Waals surface area contributed by atoms with E-state index in [-0.39, 0.29) is 5.91 Å². The van der Waals surface area contributed by atoms with E-state index < -0.39 is 0 Å². The molecule has 4 rings (SSSR count). The average molecular weight is 385 g/mol. The number of hydrogen-bond acceptors (Lipinski definition) is 6. The molecule has 0 spiro atoms. The highest BCUT2D eigenvalue weighted by Crippen LogP contribution is 2.26. The Morgan fingerprint density at radius 3 is 2.89 bits per heavy atom. The van der Waals surface area contributed by atoms with Crippen LogP contribution in [0, 0.1) is 0 Å². The number of nitrogens with one attached hydrogen (secondary N) is 1. The van der Waals surface area contributed by atoms with Gasteiger partial charge < -0.3 is 9.64 Å². The SMILES string of the molecule is COc1cccc(-c2cn3c(CC(=O)NN4CCN(C)CC4)csc3n2)c1. The van der Waals surface area contributed by atoms with Gasteiger partial charge in [-0.2, -0.15) is 0 Å². The molecule has 8 heteroatoms. The van der Waals surface area contributed by atoms with Crippen LogP contribution in [0.3, 0.4) is 0 Å². The quantitative estimate of drug-likeness (QED) is 0.727. The highest BCUT2D eigenvalue weighted by molar-refractivity contribution is 7.15. The van der Waals surface area contributed by atoms with E-state index in [1.165, 1.54) is 0 Å². The second-order valence-electron chi connectivity index (χ2n) is 6.74. The van der Waals surface area contributed by atoms with Gasteiger partial charge in [-0.3, -0.25) is 14.6 Å². The third-order valence-electron chi connectivity index (χ3n) is 4.78. The fourth-order valence-electron chi connectivity index (χ4n) is 3.18. The van der Waals surface area contributed by atoms with E-state index in [4.69, 9.17) is 4.74 Å². The monoisotopic (exact) mass is 385 g/mol. The van der Waals surface area contributed by atoms with E-state index in [9.17, 15) is 4.79 Å². The minimum atomic E-state index is 0.0101. The fourth-order valence-corrected chi connectivity index (χ4v) is 4.05.